The summed E-state index contributed by atoms with van der Waals surface area (Å²) < 4.78 is 38.1. The van der Waals surface area contributed by atoms with Gasteiger partial charge in [0.1, 0.15) is 29.8 Å². The van der Waals surface area contributed by atoms with Gasteiger partial charge in [0.05, 0.1) is 33.9 Å². The first-order chi connectivity index (χ1) is 20.2. The molecule has 1 saturated carbocycles. The van der Waals surface area contributed by atoms with Crippen molar-refractivity contribution in [3.63, 3.8) is 0 Å². The number of aromatic carboxylic acids is 1. The van der Waals surface area contributed by atoms with Crippen LogP contribution in [0.2, 0.25) is 0 Å². The lowest BCUT2D eigenvalue weighted by Gasteiger charge is -2.15. The Morgan fingerprint density at radius 2 is 1.93 bits per heavy atom. The maximum absolute atomic E-state index is 16.0. The Balaban J connectivity index is 1.29. The van der Waals surface area contributed by atoms with Crippen molar-refractivity contribution in [3.05, 3.63) is 113 Å². The normalized spacial score (nSPS) is 13.6. The molecule has 1 aliphatic rings. The third-order valence-electron chi connectivity index (χ3n) is 7.73. The quantitative estimate of drug-likeness (QED) is 0.209. The molecule has 210 valence electrons. The number of carboxylic acids is 1. The lowest BCUT2D eigenvalue weighted by Crippen LogP contribution is -2.12. The number of halogens is 2. The van der Waals surface area contributed by atoms with Gasteiger partial charge in [0.2, 0.25) is 0 Å². The number of rotatable bonds is 9. The number of nitriles is 1. The molecule has 0 bridgehead atoms. The van der Waals surface area contributed by atoms with Crippen LogP contribution in [0.15, 0.2) is 72.9 Å². The summed E-state index contributed by atoms with van der Waals surface area (Å²) in [5.41, 5.74) is 3.26. The van der Waals surface area contributed by atoms with Crippen LogP contribution < -0.4 is 4.74 Å². The van der Waals surface area contributed by atoms with E-state index in [-0.39, 0.29) is 35.1 Å². The minimum absolute atomic E-state index is 0.0672. The molecule has 3 aromatic carbocycles. The second-order valence-corrected chi connectivity index (χ2v) is 11.0. The lowest BCUT2D eigenvalue weighted by molar-refractivity contribution is 0.0697. The van der Waals surface area contributed by atoms with Gasteiger partial charge in [-0.05, 0) is 66.3 Å². The Morgan fingerprint density at radius 1 is 1.10 bits per heavy atom. The summed E-state index contributed by atoms with van der Waals surface area (Å²) in [6.07, 6.45) is 3.84. The maximum Gasteiger partial charge on any atom is 0.335 e. The maximum atomic E-state index is 16.0. The predicted molar refractivity (Wildman–Crippen MR) is 152 cm³/mol. The van der Waals surface area contributed by atoms with Gasteiger partial charge >= 0.3 is 5.97 Å². The average Bonchev–Trinajstić information content (AvgIpc) is 3.63. The third-order valence-corrected chi connectivity index (χ3v) is 7.73. The molecule has 1 fully saturated rings. The topological polar surface area (TPSA) is 101 Å². The highest BCUT2D eigenvalue weighted by molar-refractivity contribution is 5.92. The van der Waals surface area contributed by atoms with Crippen LogP contribution in [-0.2, 0) is 19.6 Å². The fraction of sp³-hybridized carbons (Fsp3) is 0.212. The fourth-order valence-electron chi connectivity index (χ4n) is 5.00. The van der Waals surface area contributed by atoms with Crippen molar-refractivity contribution < 1.29 is 23.4 Å². The molecule has 6 rings (SSSR count). The number of hydrogen-bond donors (Lipinski definition) is 1. The number of imidazole rings is 1. The lowest BCUT2D eigenvalue weighted by atomic mass is 10.0. The van der Waals surface area contributed by atoms with Crippen LogP contribution in [-0.4, -0.2) is 25.6 Å². The molecule has 0 saturated heterocycles. The van der Waals surface area contributed by atoms with E-state index in [1.54, 1.807) is 42.5 Å². The van der Waals surface area contributed by atoms with Crippen LogP contribution in [0.5, 0.6) is 5.75 Å². The van der Waals surface area contributed by atoms with Crippen molar-refractivity contribution in [2.75, 3.05) is 0 Å². The predicted octanol–water partition coefficient (Wildman–Crippen LogP) is 6.92. The van der Waals surface area contributed by atoms with Crippen LogP contribution in [0.25, 0.3) is 22.3 Å². The number of fused-ring (bicyclic) bond motifs is 1. The van der Waals surface area contributed by atoms with E-state index in [4.69, 9.17) is 15.0 Å². The number of hydrogen-bond acceptors (Lipinski definition) is 5. The highest BCUT2D eigenvalue weighted by atomic mass is 19.1. The Morgan fingerprint density at radius 3 is 2.67 bits per heavy atom. The van der Waals surface area contributed by atoms with Crippen molar-refractivity contribution in [3.8, 4) is 23.1 Å². The minimum atomic E-state index is -1.01. The standard InChI is InChI=1S/C33H26F2N4O3/c1-33(10-11-33)19-39-29-14-22(32(40)41)7-8-27(29)38-30(39)15-21-3-2-4-25(31(21)35)28-16-24(9-12-37-28)42-18-23-6-5-20(17-36)13-26(23)34/h2-9,12-14,16H,10-11,15,18-19H2,1H3,(H,40,41). The van der Waals surface area contributed by atoms with Gasteiger partial charge in [-0.15, -0.1) is 0 Å². The van der Waals surface area contributed by atoms with E-state index in [1.807, 2.05) is 10.6 Å². The Hall–Kier alpha value is -5.10. The molecule has 0 amide bonds. The summed E-state index contributed by atoms with van der Waals surface area (Å²) in [7, 11) is 0. The summed E-state index contributed by atoms with van der Waals surface area (Å²) in [5, 5.41) is 18.5. The third kappa shape index (κ3) is 5.44. The molecular weight excluding hydrogens is 538 g/mol. The van der Waals surface area contributed by atoms with Crippen LogP contribution in [0, 0.1) is 28.4 Å². The van der Waals surface area contributed by atoms with Gasteiger partial charge in [-0.25, -0.2) is 18.6 Å². The molecule has 2 heterocycles. The van der Waals surface area contributed by atoms with Crippen LogP contribution in [0.1, 0.15) is 52.6 Å². The summed E-state index contributed by atoms with van der Waals surface area (Å²) in [6, 6.07) is 19.2. The Labute approximate surface area is 240 Å². The summed E-state index contributed by atoms with van der Waals surface area (Å²) in [5.74, 6) is -0.942. The zero-order valence-electron chi connectivity index (χ0n) is 22.8. The van der Waals surface area contributed by atoms with E-state index in [2.05, 4.69) is 11.9 Å². The number of carboxylic acid groups (broad SMARTS) is 1. The summed E-state index contributed by atoms with van der Waals surface area (Å²) in [4.78, 5) is 20.7. The second kappa shape index (κ2) is 10.7. The van der Waals surface area contributed by atoms with Gasteiger partial charge in [-0.1, -0.05) is 25.1 Å². The Bertz CT molecular complexity index is 1890. The van der Waals surface area contributed by atoms with E-state index in [0.717, 1.165) is 24.4 Å². The SMILES string of the molecule is CC1(Cn2c(Cc3cccc(-c4cc(OCc5ccc(C#N)cc5F)ccn4)c3F)nc3ccc(C(=O)O)cc32)CC1. The van der Waals surface area contributed by atoms with Gasteiger partial charge in [0.15, 0.2) is 0 Å². The first-order valence-corrected chi connectivity index (χ1v) is 13.5. The number of aromatic nitrogens is 3. The number of benzene rings is 3. The van der Waals surface area contributed by atoms with Gasteiger partial charge in [0.25, 0.3) is 0 Å². The molecule has 0 unspecified atom stereocenters. The van der Waals surface area contributed by atoms with Crippen LogP contribution in [0.4, 0.5) is 8.78 Å². The molecule has 5 aromatic rings. The number of pyridine rings is 1. The molecule has 7 nitrogen and oxygen atoms in total. The van der Waals surface area contributed by atoms with Gasteiger partial charge in [0, 0.05) is 36.4 Å². The smallest absolute Gasteiger partial charge is 0.335 e. The van der Waals surface area contributed by atoms with E-state index in [1.165, 1.54) is 24.4 Å². The number of ether oxygens (including phenoxy) is 1. The van der Waals surface area contributed by atoms with Gasteiger partial charge in [-0.3, -0.25) is 4.98 Å². The van der Waals surface area contributed by atoms with Gasteiger partial charge in [-0.2, -0.15) is 5.26 Å². The highest BCUT2D eigenvalue weighted by Crippen LogP contribution is 2.47. The number of nitrogens with zero attached hydrogens (tertiary/aromatic N) is 4. The van der Waals surface area contributed by atoms with Crippen LogP contribution >= 0.6 is 0 Å². The zero-order valence-corrected chi connectivity index (χ0v) is 22.8. The van der Waals surface area contributed by atoms with E-state index >= 15 is 4.39 Å². The van der Waals surface area contributed by atoms with Crippen molar-refractivity contribution in [1.82, 2.24) is 14.5 Å². The first kappa shape index (κ1) is 27.1. The highest BCUT2D eigenvalue weighted by Gasteiger charge is 2.38. The second-order valence-electron chi connectivity index (χ2n) is 11.0. The molecule has 1 N–H and O–H groups in total. The average molecular weight is 565 g/mol. The monoisotopic (exact) mass is 564 g/mol. The molecule has 0 aliphatic heterocycles. The van der Waals surface area contributed by atoms with E-state index in [9.17, 15) is 14.3 Å². The first-order valence-electron chi connectivity index (χ1n) is 13.5. The summed E-state index contributed by atoms with van der Waals surface area (Å²) in [6.45, 7) is 2.79. The molecule has 9 heteroatoms. The Kier molecular flexibility index (Phi) is 6.91. The minimum Gasteiger partial charge on any atom is -0.489 e. The van der Waals surface area contributed by atoms with E-state index in [0.29, 0.717) is 40.5 Å². The molecule has 0 atom stereocenters. The molecule has 0 radical (unpaired) electrons. The number of carbonyl (C=O) groups is 1. The van der Waals surface area contributed by atoms with Crippen molar-refractivity contribution >= 4 is 17.0 Å². The molecule has 42 heavy (non-hydrogen) atoms. The van der Waals surface area contributed by atoms with Crippen molar-refractivity contribution in [1.29, 1.82) is 5.26 Å². The van der Waals surface area contributed by atoms with Crippen LogP contribution in [0.3, 0.4) is 0 Å². The molecule has 2 aromatic heterocycles. The molecular formula is C33H26F2N4O3. The van der Waals surface area contributed by atoms with Crippen molar-refractivity contribution in [2.45, 2.75) is 39.3 Å². The molecule has 1 aliphatic carbocycles. The van der Waals surface area contributed by atoms with E-state index < -0.39 is 17.6 Å². The largest absolute Gasteiger partial charge is 0.489 e. The fourth-order valence-corrected chi connectivity index (χ4v) is 5.00. The van der Waals surface area contributed by atoms with Gasteiger partial charge < -0.3 is 14.4 Å². The van der Waals surface area contributed by atoms with Crippen molar-refractivity contribution in [2.24, 2.45) is 5.41 Å². The summed E-state index contributed by atoms with van der Waals surface area (Å²) >= 11 is 0. The molecule has 0 spiro atoms. The zero-order chi connectivity index (χ0) is 29.4.